The lowest BCUT2D eigenvalue weighted by molar-refractivity contribution is -0.131. The summed E-state index contributed by atoms with van der Waals surface area (Å²) in [6.07, 6.45) is -1.40. The van der Waals surface area contributed by atoms with Crippen LogP contribution < -0.4 is 14.8 Å². The first-order chi connectivity index (χ1) is 13.6. The quantitative estimate of drug-likeness (QED) is 0.573. The van der Waals surface area contributed by atoms with Crippen LogP contribution in [-0.2, 0) is 4.79 Å². The summed E-state index contributed by atoms with van der Waals surface area (Å²) in [5, 5.41) is 15.0. The van der Waals surface area contributed by atoms with Crippen LogP contribution in [0.5, 0.6) is 11.5 Å². The summed E-state index contributed by atoms with van der Waals surface area (Å²) in [5.41, 5.74) is 2.04. The minimum atomic E-state index is -1.40. The summed E-state index contributed by atoms with van der Waals surface area (Å²) in [6.45, 7) is 5.57. The van der Waals surface area contributed by atoms with Crippen LogP contribution in [0.2, 0.25) is 5.02 Å². The number of methoxy groups -OCH3 is 2. The van der Waals surface area contributed by atoms with Crippen LogP contribution in [0.1, 0.15) is 32.6 Å². The van der Waals surface area contributed by atoms with Gasteiger partial charge in [0, 0.05) is 33.6 Å². The minimum Gasteiger partial charge on any atom is -0.497 e. The highest BCUT2D eigenvalue weighted by Gasteiger charge is 2.29. The molecular formula is C22H25ClN2O4. The van der Waals surface area contributed by atoms with Gasteiger partial charge >= 0.3 is 0 Å². The minimum absolute atomic E-state index is 0.371. The second-order valence-corrected chi connectivity index (χ2v) is 8.25. The molecule has 1 heterocycles. The maximum atomic E-state index is 12.7. The van der Waals surface area contributed by atoms with E-state index in [1.165, 1.54) is 0 Å². The smallest absolute Gasteiger partial charge is 0.255 e. The third-order valence-electron chi connectivity index (χ3n) is 4.47. The molecule has 0 bridgehead atoms. The largest absolute Gasteiger partial charge is 0.497 e. The molecule has 1 aromatic heterocycles. The van der Waals surface area contributed by atoms with Crippen molar-refractivity contribution in [1.29, 1.82) is 0 Å². The highest BCUT2D eigenvalue weighted by Crippen LogP contribution is 2.42. The number of aromatic amines is 1. The number of hydrogen-bond donors (Lipinski definition) is 3. The van der Waals surface area contributed by atoms with Crippen molar-refractivity contribution in [2.24, 2.45) is 0 Å². The number of halogens is 1. The van der Waals surface area contributed by atoms with Crippen LogP contribution in [0.3, 0.4) is 0 Å². The summed E-state index contributed by atoms with van der Waals surface area (Å²) in [5.74, 6) is 0.666. The van der Waals surface area contributed by atoms with E-state index in [-0.39, 0.29) is 0 Å². The first kappa shape index (κ1) is 21.0. The Bertz CT molecular complexity index is 1040. The van der Waals surface area contributed by atoms with Gasteiger partial charge in [-0.3, -0.25) is 4.79 Å². The molecule has 0 radical (unpaired) electrons. The molecule has 0 spiro atoms. The van der Waals surface area contributed by atoms with Crippen molar-refractivity contribution >= 4 is 28.4 Å². The number of carbonyl (C=O) groups is 1. The van der Waals surface area contributed by atoms with Crippen molar-refractivity contribution in [3.63, 3.8) is 0 Å². The summed E-state index contributed by atoms with van der Waals surface area (Å²) < 4.78 is 10.9. The number of ether oxygens (including phenoxy) is 2. The Labute approximate surface area is 174 Å². The highest BCUT2D eigenvalue weighted by molar-refractivity contribution is 6.30. The Hall–Kier alpha value is -2.70. The standard InChI is InChI=1S/C22H25ClN2O4/c1-22(2,3)25-21(27)20(26)19-17(12-6-8-13(23)9-7-12)18-15(24-19)10-14(28-4)11-16(18)29-5/h6-11,20,24,26H,1-5H3,(H,25,27). The third-order valence-corrected chi connectivity index (χ3v) is 4.72. The number of nitrogens with one attached hydrogen (secondary N) is 2. The van der Waals surface area contributed by atoms with Crippen LogP contribution in [0.15, 0.2) is 36.4 Å². The van der Waals surface area contributed by atoms with Crippen LogP contribution >= 0.6 is 11.6 Å². The molecule has 3 aromatic rings. The van der Waals surface area contributed by atoms with E-state index in [1.807, 2.05) is 32.9 Å². The van der Waals surface area contributed by atoms with Crippen molar-refractivity contribution in [3.8, 4) is 22.6 Å². The molecule has 0 saturated heterocycles. The first-order valence-electron chi connectivity index (χ1n) is 9.18. The number of hydrogen-bond acceptors (Lipinski definition) is 4. The Morgan fingerprint density at radius 3 is 2.34 bits per heavy atom. The molecule has 1 unspecified atom stereocenters. The number of amides is 1. The van der Waals surface area contributed by atoms with Gasteiger partial charge in [-0.25, -0.2) is 0 Å². The fourth-order valence-electron chi connectivity index (χ4n) is 3.26. The zero-order valence-corrected chi connectivity index (χ0v) is 17.8. The van der Waals surface area contributed by atoms with Gasteiger partial charge in [0.25, 0.3) is 5.91 Å². The second kappa shape index (κ2) is 7.97. The predicted molar refractivity (Wildman–Crippen MR) is 115 cm³/mol. The molecule has 0 aliphatic carbocycles. The Morgan fingerprint density at radius 1 is 1.14 bits per heavy atom. The monoisotopic (exact) mass is 416 g/mol. The topological polar surface area (TPSA) is 83.6 Å². The van der Waals surface area contributed by atoms with E-state index >= 15 is 0 Å². The molecule has 3 N–H and O–H groups in total. The van der Waals surface area contributed by atoms with Crippen LogP contribution in [0.4, 0.5) is 0 Å². The van der Waals surface area contributed by atoms with E-state index in [0.717, 1.165) is 10.9 Å². The summed E-state index contributed by atoms with van der Waals surface area (Å²) >= 11 is 6.05. The van der Waals surface area contributed by atoms with Crippen molar-refractivity contribution in [2.75, 3.05) is 14.2 Å². The average molecular weight is 417 g/mol. The summed E-state index contributed by atoms with van der Waals surface area (Å²) in [7, 11) is 3.13. The number of carbonyl (C=O) groups excluding carboxylic acids is 1. The van der Waals surface area contributed by atoms with E-state index < -0.39 is 17.6 Å². The Morgan fingerprint density at radius 2 is 1.79 bits per heavy atom. The van der Waals surface area contributed by atoms with E-state index in [4.69, 9.17) is 21.1 Å². The Balaban J connectivity index is 2.26. The number of aliphatic hydroxyl groups excluding tert-OH is 1. The van der Waals surface area contributed by atoms with E-state index in [0.29, 0.717) is 33.3 Å². The van der Waals surface area contributed by atoms with Gasteiger partial charge < -0.3 is 24.9 Å². The third kappa shape index (κ3) is 4.33. The second-order valence-electron chi connectivity index (χ2n) is 7.81. The summed E-state index contributed by atoms with van der Waals surface area (Å²) in [6, 6.07) is 10.8. The molecule has 1 atom stereocenters. The average Bonchev–Trinajstić information content (AvgIpc) is 3.05. The number of aromatic nitrogens is 1. The van der Waals surface area contributed by atoms with Gasteiger partial charge in [0.15, 0.2) is 6.10 Å². The molecule has 3 rings (SSSR count). The predicted octanol–water partition coefficient (Wildman–Crippen LogP) is 4.45. The lowest BCUT2D eigenvalue weighted by atomic mass is 9.98. The molecular weight excluding hydrogens is 392 g/mol. The number of rotatable bonds is 5. The molecule has 0 aliphatic heterocycles. The first-order valence-corrected chi connectivity index (χ1v) is 9.56. The summed E-state index contributed by atoms with van der Waals surface area (Å²) in [4.78, 5) is 15.9. The van der Waals surface area contributed by atoms with Crippen molar-refractivity contribution in [3.05, 3.63) is 47.1 Å². The fourth-order valence-corrected chi connectivity index (χ4v) is 3.38. The van der Waals surface area contributed by atoms with Gasteiger partial charge in [-0.2, -0.15) is 0 Å². The van der Waals surface area contributed by atoms with Gasteiger partial charge in [0.05, 0.1) is 25.4 Å². The lowest BCUT2D eigenvalue weighted by Gasteiger charge is -2.23. The molecule has 1 amide bonds. The highest BCUT2D eigenvalue weighted by atomic mass is 35.5. The molecule has 7 heteroatoms. The van der Waals surface area contributed by atoms with Crippen molar-refractivity contribution in [2.45, 2.75) is 32.4 Å². The zero-order chi connectivity index (χ0) is 21.3. The maximum Gasteiger partial charge on any atom is 0.255 e. The van der Waals surface area contributed by atoms with Crippen LogP contribution in [-0.4, -0.2) is 35.8 Å². The van der Waals surface area contributed by atoms with E-state index in [1.54, 1.807) is 38.5 Å². The lowest BCUT2D eigenvalue weighted by Crippen LogP contribution is -2.43. The molecule has 0 fully saturated rings. The number of benzene rings is 2. The number of aliphatic hydroxyl groups is 1. The van der Waals surface area contributed by atoms with Crippen LogP contribution in [0, 0.1) is 0 Å². The maximum absolute atomic E-state index is 12.7. The molecule has 2 aromatic carbocycles. The van der Waals surface area contributed by atoms with Crippen molar-refractivity contribution in [1.82, 2.24) is 10.3 Å². The van der Waals surface area contributed by atoms with Gasteiger partial charge in [0.2, 0.25) is 0 Å². The van der Waals surface area contributed by atoms with E-state index in [9.17, 15) is 9.90 Å². The molecule has 0 saturated carbocycles. The van der Waals surface area contributed by atoms with Gasteiger partial charge in [-0.15, -0.1) is 0 Å². The van der Waals surface area contributed by atoms with Gasteiger partial charge in [-0.05, 0) is 38.5 Å². The molecule has 154 valence electrons. The molecule has 0 aliphatic rings. The molecule has 29 heavy (non-hydrogen) atoms. The van der Waals surface area contributed by atoms with Crippen molar-refractivity contribution < 1.29 is 19.4 Å². The fraction of sp³-hybridized carbons (Fsp3) is 0.318. The van der Waals surface area contributed by atoms with Crippen LogP contribution in [0.25, 0.3) is 22.0 Å². The SMILES string of the molecule is COc1cc(OC)c2c(-c3ccc(Cl)cc3)c(C(O)C(=O)NC(C)(C)C)[nH]c2c1. The number of fused-ring (bicyclic) bond motifs is 1. The zero-order valence-electron chi connectivity index (χ0n) is 17.1. The Kier molecular flexibility index (Phi) is 5.78. The van der Waals surface area contributed by atoms with Gasteiger partial charge in [0.1, 0.15) is 11.5 Å². The number of H-pyrrole nitrogens is 1. The van der Waals surface area contributed by atoms with E-state index in [2.05, 4.69) is 10.3 Å². The van der Waals surface area contributed by atoms with Gasteiger partial charge in [-0.1, -0.05) is 23.7 Å². The normalized spacial score (nSPS) is 12.7. The molecule has 6 nitrogen and oxygen atoms in total.